The minimum absolute atomic E-state index is 0.0455. The van der Waals surface area contributed by atoms with Crippen LogP contribution in [0.15, 0.2) is 12.4 Å². The van der Waals surface area contributed by atoms with E-state index in [1.165, 1.54) is 4.68 Å². The summed E-state index contributed by atoms with van der Waals surface area (Å²) in [7, 11) is 0. The van der Waals surface area contributed by atoms with Gasteiger partial charge in [0.2, 0.25) is 35.6 Å². The van der Waals surface area contributed by atoms with E-state index in [0.29, 0.717) is 134 Å². The molecule has 2 aliphatic rings. The van der Waals surface area contributed by atoms with Crippen molar-refractivity contribution in [1.82, 2.24) is 54.7 Å². The quantitative estimate of drug-likeness (QED) is 0.0427. The maximum absolute atomic E-state index is 14.0. The molecule has 3 aromatic heterocycles. The van der Waals surface area contributed by atoms with Crippen LogP contribution in [0.25, 0.3) is 0 Å². The van der Waals surface area contributed by atoms with E-state index >= 15 is 0 Å². The number of rotatable bonds is 27. The van der Waals surface area contributed by atoms with E-state index in [9.17, 15) is 14.4 Å². The van der Waals surface area contributed by atoms with Crippen LogP contribution >= 0.6 is 0 Å². The van der Waals surface area contributed by atoms with Gasteiger partial charge in [0.1, 0.15) is 18.7 Å². The van der Waals surface area contributed by atoms with Crippen LogP contribution in [0.3, 0.4) is 0 Å². The van der Waals surface area contributed by atoms with Gasteiger partial charge in [-0.25, -0.2) is 9.36 Å². The van der Waals surface area contributed by atoms with Gasteiger partial charge < -0.3 is 62.1 Å². The Balaban J connectivity index is 1.25. The van der Waals surface area contributed by atoms with Gasteiger partial charge in [-0.05, 0) is 31.7 Å². The van der Waals surface area contributed by atoms with Gasteiger partial charge in [0.25, 0.3) is 0 Å². The van der Waals surface area contributed by atoms with Crippen LogP contribution in [0.2, 0.25) is 0 Å². The van der Waals surface area contributed by atoms with Crippen LogP contribution < -0.4 is 38.1 Å². The van der Waals surface area contributed by atoms with E-state index < -0.39 is 18.0 Å². The lowest BCUT2D eigenvalue weighted by Gasteiger charge is -2.38. The molecule has 2 aliphatic heterocycles. The number of nitrogens with two attached hydrogens (primary N) is 4. The van der Waals surface area contributed by atoms with Crippen molar-refractivity contribution < 1.29 is 28.6 Å². The first kappa shape index (κ1) is 49.4. The molecule has 2 fully saturated rings. The van der Waals surface area contributed by atoms with E-state index in [1.54, 1.807) is 22.0 Å². The standard InChI is InChI=1S/C40H66N18O6/c1-4-19-62-21-23-64-24-22-63-20-10-45-38-46-39(55-15-11-53(12-16-55)36(60)32(8-6-7-9-41)57-27-30(26-42)49-51-57)48-40(47-38)56-17-13-54(14-18-56)37(61)33(25-34(43)59)58-28-31(50-52-58)35(44)29(3)5-2/h1,27-29,32-33,35H,5-26,41-42,44H2,2-3H3,(H2,43,59)(H,45,46,47,48)/t29-,32+,33+,35?/m1/s1. The number of hydrogen-bond donors (Lipinski definition) is 5. The number of aromatic nitrogens is 9. The molecule has 5 heterocycles. The first-order valence-electron chi connectivity index (χ1n) is 22.1. The molecular formula is C40H66N18O6. The number of terminal acetylenes is 1. The predicted octanol–water partition coefficient (Wildman–Crippen LogP) is -1.56. The number of amides is 3. The van der Waals surface area contributed by atoms with Crippen molar-refractivity contribution in [2.75, 3.05) is 120 Å². The number of piperazine rings is 2. The summed E-state index contributed by atoms with van der Waals surface area (Å²) in [6.07, 6.45) is 11.3. The van der Waals surface area contributed by atoms with Gasteiger partial charge in [-0.2, -0.15) is 15.0 Å². The molecule has 0 aromatic carbocycles. The summed E-state index contributed by atoms with van der Waals surface area (Å²) < 4.78 is 19.5. The molecule has 1 unspecified atom stereocenters. The second-order valence-corrected chi connectivity index (χ2v) is 15.7. The number of anilines is 3. The number of ether oxygens (including phenoxy) is 3. The van der Waals surface area contributed by atoms with Gasteiger partial charge in [0, 0.05) is 65.4 Å². The Labute approximate surface area is 374 Å². The molecule has 5 rings (SSSR count). The lowest BCUT2D eigenvalue weighted by molar-refractivity contribution is -0.137. The average Bonchev–Trinajstić information content (AvgIpc) is 4.01. The third kappa shape index (κ3) is 14.2. The molecule has 352 valence electrons. The molecule has 0 saturated carbocycles. The van der Waals surface area contributed by atoms with Crippen molar-refractivity contribution in [1.29, 1.82) is 0 Å². The number of nitrogens with one attached hydrogen (secondary N) is 1. The summed E-state index contributed by atoms with van der Waals surface area (Å²) >= 11 is 0. The smallest absolute Gasteiger partial charge is 0.248 e. The van der Waals surface area contributed by atoms with Crippen LogP contribution in [0.5, 0.6) is 0 Å². The fourth-order valence-corrected chi connectivity index (χ4v) is 7.23. The summed E-state index contributed by atoms with van der Waals surface area (Å²) in [5.74, 6) is 2.80. The summed E-state index contributed by atoms with van der Waals surface area (Å²) in [6, 6.07) is -1.86. The largest absolute Gasteiger partial charge is 0.377 e. The SMILES string of the molecule is C#CCOCCOCCOCCNc1nc(N2CCN(C(=O)[C@H](CCCCN)n3cc(CN)nn3)CC2)nc(N2CCN(C(=O)[C@H](CC(N)=O)n3cc(C(N)[C@H](C)CC)nn3)CC2)n1. The van der Waals surface area contributed by atoms with Gasteiger partial charge in [-0.15, -0.1) is 16.6 Å². The fourth-order valence-electron chi connectivity index (χ4n) is 7.23. The number of primary amides is 1. The molecule has 0 spiro atoms. The third-order valence-electron chi connectivity index (χ3n) is 11.2. The molecule has 0 radical (unpaired) electrons. The number of hydrogen-bond acceptors (Lipinski definition) is 19. The van der Waals surface area contributed by atoms with Crippen LogP contribution in [-0.2, 0) is 35.1 Å². The Morgan fingerprint density at radius 1 is 0.797 bits per heavy atom. The maximum Gasteiger partial charge on any atom is 0.248 e. The van der Waals surface area contributed by atoms with Gasteiger partial charge in [-0.3, -0.25) is 14.4 Å². The Kier molecular flexibility index (Phi) is 19.8. The minimum atomic E-state index is -0.970. The summed E-state index contributed by atoms with van der Waals surface area (Å²) in [5, 5.41) is 20.0. The highest BCUT2D eigenvalue weighted by Crippen LogP contribution is 2.25. The second kappa shape index (κ2) is 25.6. The molecule has 4 atom stereocenters. The van der Waals surface area contributed by atoms with Crippen LogP contribution in [0, 0.1) is 18.3 Å². The minimum Gasteiger partial charge on any atom is -0.377 e. The number of nitrogens with zero attached hydrogens (tertiary/aromatic N) is 13. The highest BCUT2D eigenvalue weighted by molar-refractivity contribution is 5.86. The first-order chi connectivity index (χ1) is 31.1. The molecule has 2 saturated heterocycles. The molecule has 24 nitrogen and oxygen atoms in total. The molecule has 0 bridgehead atoms. The van der Waals surface area contributed by atoms with Gasteiger partial charge >= 0.3 is 0 Å². The number of unbranched alkanes of at least 4 members (excludes halogenated alkanes) is 1. The lowest BCUT2D eigenvalue weighted by atomic mass is 9.98. The van der Waals surface area contributed by atoms with Crippen molar-refractivity contribution in [3.63, 3.8) is 0 Å². The second-order valence-electron chi connectivity index (χ2n) is 15.7. The van der Waals surface area contributed by atoms with Crippen LogP contribution in [-0.4, -0.2) is 178 Å². The maximum atomic E-state index is 14.0. The van der Waals surface area contributed by atoms with Crippen LogP contribution in [0.1, 0.15) is 75.5 Å². The van der Waals surface area contributed by atoms with Gasteiger partial charge in [0.05, 0.1) is 69.3 Å². The van der Waals surface area contributed by atoms with Gasteiger partial charge in [0.15, 0.2) is 0 Å². The Morgan fingerprint density at radius 2 is 1.38 bits per heavy atom. The highest BCUT2D eigenvalue weighted by Gasteiger charge is 2.34. The molecular weight excluding hydrogens is 829 g/mol. The van der Waals surface area contributed by atoms with E-state index in [4.69, 9.17) is 58.5 Å². The first-order valence-corrected chi connectivity index (χ1v) is 22.1. The Bertz CT molecular complexity index is 1940. The Hall–Kier alpha value is -5.58. The number of carbonyl (C=O) groups is 3. The zero-order chi connectivity index (χ0) is 45.8. The van der Waals surface area contributed by atoms with E-state index in [2.05, 4.69) is 31.9 Å². The fraction of sp³-hybridized carbons (Fsp3) is 0.700. The molecule has 0 aliphatic carbocycles. The number of carbonyl (C=O) groups excluding carboxylic acids is 3. The molecule has 24 heteroatoms. The lowest BCUT2D eigenvalue weighted by Crippen LogP contribution is -2.52. The zero-order valence-electron chi connectivity index (χ0n) is 37.2. The monoisotopic (exact) mass is 895 g/mol. The average molecular weight is 895 g/mol. The summed E-state index contributed by atoms with van der Waals surface area (Å²) in [6.45, 7) is 10.7. The molecule has 3 amide bonds. The Morgan fingerprint density at radius 3 is 1.94 bits per heavy atom. The summed E-state index contributed by atoms with van der Waals surface area (Å²) in [4.78, 5) is 62.1. The van der Waals surface area contributed by atoms with E-state index in [1.807, 2.05) is 28.5 Å². The molecule has 3 aromatic rings. The van der Waals surface area contributed by atoms with Crippen LogP contribution in [0.4, 0.5) is 17.8 Å². The van der Waals surface area contributed by atoms with Crippen molar-refractivity contribution in [3.05, 3.63) is 23.8 Å². The normalized spacial score (nSPS) is 16.3. The van der Waals surface area contributed by atoms with Crippen molar-refractivity contribution >= 4 is 35.6 Å². The van der Waals surface area contributed by atoms with Gasteiger partial charge in [-0.1, -0.05) is 36.6 Å². The van der Waals surface area contributed by atoms with Crippen molar-refractivity contribution in [2.45, 2.75) is 70.6 Å². The molecule has 9 N–H and O–H groups in total. The third-order valence-corrected chi connectivity index (χ3v) is 11.2. The van der Waals surface area contributed by atoms with Crippen molar-refractivity contribution in [2.24, 2.45) is 28.9 Å². The zero-order valence-corrected chi connectivity index (χ0v) is 37.2. The van der Waals surface area contributed by atoms with E-state index in [-0.39, 0.29) is 43.3 Å². The summed E-state index contributed by atoms with van der Waals surface area (Å²) in [5.41, 5.74) is 24.7. The predicted molar refractivity (Wildman–Crippen MR) is 236 cm³/mol. The topological polar surface area (TPSA) is 308 Å². The highest BCUT2D eigenvalue weighted by atomic mass is 16.5. The van der Waals surface area contributed by atoms with E-state index in [0.717, 1.165) is 19.3 Å². The molecule has 64 heavy (non-hydrogen) atoms. The van der Waals surface area contributed by atoms with Crippen molar-refractivity contribution in [3.8, 4) is 12.3 Å².